The quantitative estimate of drug-likeness (QED) is 0.854. The summed E-state index contributed by atoms with van der Waals surface area (Å²) in [7, 11) is 0. The van der Waals surface area contributed by atoms with Crippen LogP contribution in [0.5, 0.6) is 0 Å². The van der Waals surface area contributed by atoms with Gasteiger partial charge in [-0.3, -0.25) is 0 Å². The van der Waals surface area contributed by atoms with Gasteiger partial charge in [0.05, 0.1) is 6.10 Å². The Morgan fingerprint density at radius 3 is 2.94 bits per heavy atom. The number of rotatable bonds is 2. The molecule has 4 heteroatoms. The number of piperidine rings is 1. The maximum atomic E-state index is 13.7. The van der Waals surface area contributed by atoms with Gasteiger partial charge in [0.1, 0.15) is 5.82 Å². The van der Waals surface area contributed by atoms with Gasteiger partial charge in [0, 0.05) is 16.6 Å². The molecule has 0 spiro atoms. The van der Waals surface area contributed by atoms with Crippen molar-refractivity contribution in [1.29, 1.82) is 0 Å². The van der Waals surface area contributed by atoms with E-state index in [9.17, 15) is 9.50 Å². The van der Waals surface area contributed by atoms with Crippen LogP contribution >= 0.6 is 11.6 Å². The first-order chi connectivity index (χ1) is 8.08. The highest BCUT2D eigenvalue weighted by Crippen LogP contribution is 2.28. The van der Waals surface area contributed by atoms with Gasteiger partial charge in [-0.2, -0.15) is 0 Å². The van der Waals surface area contributed by atoms with Crippen LogP contribution in [-0.2, 0) is 0 Å². The van der Waals surface area contributed by atoms with Crippen LogP contribution in [0.4, 0.5) is 4.39 Å². The summed E-state index contributed by atoms with van der Waals surface area (Å²) >= 11 is 5.69. The SMILES string of the molecule is CC1CCNC(C(O)c2ccc(Cl)cc2F)C1. The normalized spacial score (nSPS) is 26.8. The Hall–Kier alpha value is -0.640. The van der Waals surface area contributed by atoms with E-state index in [0.29, 0.717) is 16.5 Å². The molecule has 3 unspecified atom stereocenters. The summed E-state index contributed by atoms with van der Waals surface area (Å²) in [5.41, 5.74) is 0.320. The van der Waals surface area contributed by atoms with Gasteiger partial charge in [-0.05, 0) is 37.4 Å². The number of hydrogen-bond acceptors (Lipinski definition) is 2. The third kappa shape index (κ3) is 2.97. The molecule has 3 atom stereocenters. The number of hydrogen-bond donors (Lipinski definition) is 2. The highest BCUT2D eigenvalue weighted by Gasteiger charge is 2.27. The minimum Gasteiger partial charge on any atom is -0.387 e. The lowest BCUT2D eigenvalue weighted by atomic mass is 9.88. The highest BCUT2D eigenvalue weighted by molar-refractivity contribution is 6.30. The highest BCUT2D eigenvalue weighted by atomic mass is 35.5. The summed E-state index contributed by atoms with van der Waals surface area (Å²) in [6.45, 7) is 3.02. The average Bonchev–Trinajstić information content (AvgIpc) is 2.28. The predicted octanol–water partition coefficient (Wildman–Crippen LogP) is 2.90. The van der Waals surface area contributed by atoms with E-state index in [1.54, 1.807) is 12.1 Å². The Morgan fingerprint density at radius 2 is 2.29 bits per heavy atom. The molecule has 17 heavy (non-hydrogen) atoms. The molecule has 1 aliphatic heterocycles. The van der Waals surface area contributed by atoms with Gasteiger partial charge >= 0.3 is 0 Å². The third-order valence-electron chi connectivity index (χ3n) is 3.36. The van der Waals surface area contributed by atoms with Crippen molar-refractivity contribution in [3.05, 3.63) is 34.6 Å². The molecule has 1 saturated heterocycles. The molecule has 2 rings (SSSR count). The fourth-order valence-corrected chi connectivity index (χ4v) is 2.51. The summed E-state index contributed by atoms with van der Waals surface area (Å²) in [4.78, 5) is 0. The lowest BCUT2D eigenvalue weighted by Gasteiger charge is -2.32. The zero-order chi connectivity index (χ0) is 12.4. The Morgan fingerprint density at radius 1 is 1.53 bits per heavy atom. The molecule has 1 aliphatic rings. The summed E-state index contributed by atoms with van der Waals surface area (Å²) in [5, 5.41) is 13.8. The average molecular weight is 258 g/mol. The van der Waals surface area contributed by atoms with E-state index in [2.05, 4.69) is 12.2 Å². The monoisotopic (exact) mass is 257 g/mol. The van der Waals surface area contributed by atoms with Crippen LogP contribution in [0.25, 0.3) is 0 Å². The Bertz CT molecular complexity index is 399. The molecule has 0 bridgehead atoms. The van der Waals surface area contributed by atoms with Crippen molar-refractivity contribution >= 4 is 11.6 Å². The van der Waals surface area contributed by atoms with Gasteiger partial charge in [0.15, 0.2) is 0 Å². The van der Waals surface area contributed by atoms with E-state index in [1.165, 1.54) is 6.07 Å². The van der Waals surface area contributed by atoms with Gasteiger partial charge in [0.2, 0.25) is 0 Å². The first-order valence-corrected chi connectivity index (χ1v) is 6.32. The van der Waals surface area contributed by atoms with Gasteiger partial charge < -0.3 is 10.4 Å². The molecule has 94 valence electrons. The summed E-state index contributed by atoms with van der Waals surface area (Å²) < 4.78 is 13.7. The van der Waals surface area contributed by atoms with E-state index in [0.717, 1.165) is 19.4 Å². The topological polar surface area (TPSA) is 32.3 Å². The van der Waals surface area contributed by atoms with E-state index in [1.807, 2.05) is 0 Å². The molecule has 0 saturated carbocycles. The van der Waals surface area contributed by atoms with E-state index >= 15 is 0 Å². The first-order valence-electron chi connectivity index (χ1n) is 5.94. The number of aliphatic hydroxyl groups excluding tert-OH is 1. The largest absolute Gasteiger partial charge is 0.387 e. The van der Waals surface area contributed by atoms with Crippen molar-refractivity contribution in [3.63, 3.8) is 0 Å². The maximum absolute atomic E-state index is 13.7. The molecule has 0 aliphatic carbocycles. The van der Waals surface area contributed by atoms with Crippen molar-refractivity contribution in [3.8, 4) is 0 Å². The lowest BCUT2D eigenvalue weighted by molar-refractivity contribution is 0.0982. The second-order valence-electron chi connectivity index (χ2n) is 4.80. The molecule has 0 radical (unpaired) electrons. The molecular weight excluding hydrogens is 241 g/mol. The Labute approximate surface area is 106 Å². The molecule has 2 N–H and O–H groups in total. The molecule has 2 nitrogen and oxygen atoms in total. The number of benzene rings is 1. The van der Waals surface area contributed by atoms with Crippen LogP contribution in [0.2, 0.25) is 5.02 Å². The van der Waals surface area contributed by atoms with E-state index < -0.39 is 11.9 Å². The molecule has 1 fully saturated rings. The second kappa shape index (κ2) is 5.34. The smallest absolute Gasteiger partial charge is 0.130 e. The standard InChI is InChI=1S/C13H17ClFNO/c1-8-4-5-16-12(6-8)13(17)10-3-2-9(14)7-11(10)15/h2-3,7-8,12-13,16-17H,4-6H2,1H3. The lowest BCUT2D eigenvalue weighted by Crippen LogP contribution is -2.41. The third-order valence-corrected chi connectivity index (χ3v) is 3.60. The van der Waals surface area contributed by atoms with Crippen LogP contribution in [0.15, 0.2) is 18.2 Å². The van der Waals surface area contributed by atoms with Crippen molar-refractivity contribution in [2.75, 3.05) is 6.54 Å². The van der Waals surface area contributed by atoms with Crippen LogP contribution in [-0.4, -0.2) is 17.7 Å². The van der Waals surface area contributed by atoms with E-state index in [4.69, 9.17) is 11.6 Å². The van der Waals surface area contributed by atoms with Crippen molar-refractivity contribution in [2.45, 2.75) is 31.9 Å². The van der Waals surface area contributed by atoms with E-state index in [-0.39, 0.29) is 6.04 Å². The summed E-state index contributed by atoms with van der Waals surface area (Å²) in [6, 6.07) is 4.33. The van der Waals surface area contributed by atoms with Gasteiger partial charge in [0.25, 0.3) is 0 Å². The fraction of sp³-hybridized carbons (Fsp3) is 0.538. The molecule has 1 aromatic rings. The van der Waals surface area contributed by atoms with Gasteiger partial charge in [-0.1, -0.05) is 24.6 Å². The predicted molar refractivity (Wildman–Crippen MR) is 66.6 cm³/mol. The molecule has 1 heterocycles. The zero-order valence-electron chi connectivity index (χ0n) is 9.79. The first kappa shape index (κ1) is 12.8. The fourth-order valence-electron chi connectivity index (χ4n) is 2.35. The maximum Gasteiger partial charge on any atom is 0.130 e. The second-order valence-corrected chi connectivity index (χ2v) is 5.24. The van der Waals surface area contributed by atoms with Crippen LogP contribution < -0.4 is 5.32 Å². The molecule has 1 aromatic carbocycles. The minimum absolute atomic E-state index is 0.0746. The number of halogens is 2. The number of nitrogens with one attached hydrogen (secondary N) is 1. The summed E-state index contributed by atoms with van der Waals surface area (Å²) in [5.74, 6) is 0.122. The van der Waals surface area contributed by atoms with Gasteiger partial charge in [-0.15, -0.1) is 0 Å². The van der Waals surface area contributed by atoms with Crippen molar-refractivity contribution in [1.82, 2.24) is 5.32 Å². The zero-order valence-corrected chi connectivity index (χ0v) is 10.5. The van der Waals surface area contributed by atoms with Gasteiger partial charge in [-0.25, -0.2) is 4.39 Å². The Balaban J connectivity index is 2.15. The number of aliphatic hydroxyl groups is 1. The Kier molecular flexibility index (Phi) is 4.02. The minimum atomic E-state index is -0.810. The van der Waals surface area contributed by atoms with Crippen LogP contribution in [0.1, 0.15) is 31.4 Å². The molecular formula is C13H17ClFNO. The van der Waals surface area contributed by atoms with Crippen molar-refractivity contribution < 1.29 is 9.50 Å². The molecule has 0 amide bonds. The van der Waals surface area contributed by atoms with Crippen LogP contribution in [0.3, 0.4) is 0 Å². The summed E-state index contributed by atoms with van der Waals surface area (Å²) in [6.07, 6.45) is 1.16. The molecule has 0 aromatic heterocycles. The van der Waals surface area contributed by atoms with Crippen LogP contribution in [0, 0.1) is 11.7 Å². The van der Waals surface area contributed by atoms with Crippen molar-refractivity contribution in [2.24, 2.45) is 5.92 Å².